The van der Waals surface area contributed by atoms with Crippen LogP contribution in [0.4, 0.5) is 13.2 Å². The van der Waals surface area contributed by atoms with Crippen LogP contribution in [0, 0.1) is 5.41 Å². The lowest BCUT2D eigenvalue weighted by atomic mass is 9.79. The van der Waals surface area contributed by atoms with Gasteiger partial charge in [0.05, 0.1) is 0 Å². The number of rotatable bonds is 8. The summed E-state index contributed by atoms with van der Waals surface area (Å²) in [7, 11) is 0. The molecule has 1 N–H and O–H groups in total. The first-order valence-electron chi connectivity index (χ1n) is 6.35. The number of thioether (sulfide) groups is 1. The SMILES string of the molecule is CCC(CC)(CCSC(F)(F)F)CNC1CC1. The van der Waals surface area contributed by atoms with Crippen LogP contribution in [0.3, 0.4) is 0 Å². The van der Waals surface area contributed by atoms with E-state index in [0.29, 0.717) is 12.5 Å². The van der Waals surface area contributed by atoms with E-state index in [1.54, 1.807) is 0 Å². The van der Waals surface area contributed by atoms with Gasteiger partial charge in [-0.25, -0.2) is 0 Å². The molecule has 0 unspecified atom stereocenters. The molecule has 1 fully saturated rings. The van der Waals surface area contributed by atoms with Crippen molar-refractivity contribution in [3.8, 4) is 0 Å². The summed E-state index contributed by atoms with van der Waals surface area (Å²) in [6.45, 7) is 5.02. The summed E-state index contributed by atoms with van der Waals surface area (Å²) in [6, 6.07) is 0.628. The molecule has 5 heteroatoms. The first-order valence-corrected chi connectivity index (χ1v) is 7.33. The summed E-state index contributed by atoms with van der Waals surface area (Å²) < 4.78 is 36.3. The van der Waals surface area contributed by atoms with E-state index in [1.165, 1.54) is 12.8 Å². The summed E-state index contributed by atoms with van der Waals surface area (Å²) >= 11 is 0.113. The molecule has 0 aromatic rings. The Morgan fingerprint density at radius 3 is 2.18 bits per heavy atom. The zero-order chi connectivity index (χ0) is 12.9. The minimum Gasteiger partial charge on any atom is -0.313 e. The highest BCUT2D eigenvalue weighted by molar-refractivity contribution is 8.00. The van der Waals surface area contributed by atoms with E-state index >= 15 is 0 Å². The summed E-state index contributed by atoms with van der Waals surface area (Å²) in [6.07, 6.45) is 4.98. The van der Waals surface area contributed by atoms with Crippen molar-refractivity contribution in [2.75, 3.05) is 12.3 Å². The average molecular weight is 269 g/mol. The van der Waals surface area contributed by atoms with Crippen LogP contribution in [0.15, 0.2) is 0 Å². The van der Waals surface area contributed by atoms with Crippen molar-refractivity contribution >= 4 is 11.8 Å². The van der Waals surface area contributed by atoms with Crippen LogP contribution < -0.4 is 5.32 Å². The molecule has 0 aliphatic heterocycles. The Bertz CT molecular complexity index is 222. The molecule has 0 heterocycles. The molecular formula is C12H22F3NS. The highest BCUT2D eigenvalue weighted by atomic mass is 32.2. The van der Waals surface area contributed by atoms with Gasteiger partial charge in [-0.3, -0.25) is 0 Å². The van der Waals surface area contributed by atoms with E-state index in [-0.39, 0.29) is 22.9 Å². The molecule has 0 amide bonds. The Balaban J connectivity index is 2.33. The predicted octanol–water partition coefficient (Wildman–Crippen LogP) is 4.19. The molecule has 1 aliphatic rings. The molecule has 0 saturated heterocycles. The number of nitrogens with one attached hydrogen (secondary N) is 1. The van der Waals surface area contributed by atoms with Crippen molar-refractivity contribution in [3.05, 3.63) is 0 Å². The lowest BCUT2D eigenvalue weighted by Crippen LogP contribution is -2.35. The van der Waals surface area contributed by atoms with Crippen LogP contribution in [0.5, 0.6) is 0 Å². The minimum atomic E-state index is -4.09. The van der Waals surface area contributed by atoms with Crippen LogP contribution in [0.25, 0.3) is 0 Å². The topological polar surface area (TPSA) is 12.0 Å². The van der Waals surface area contributed by atoms with Gasteiger partial charge in [-0.05, 0) is 37.5 Å². The molecule has 1 aliphatic carbocycles. The Labute approximate surface area is 106 Å². The average Bonchev–Trinajstić information content (AvgIpc) is 3.06. The molecular weight excluding hydrogens is 247 g/mol. The lowest BCUT2D eigenvalue weighted by Gasteiger charge is -2.32. The smallest absolute Gasteiger partial charge is 0.313 e. The molecule has 1 nitrogen and oxygen atoms in total. The molecule has 17 heavy (non-hydrogen) atoms. The fourth-order valence-corrected chi connectivity index (χ4v) is 2.74. The van der Waals surface area contributed by atoms with Crippen molar-refractivity contribution in [3.63, 3.8) is 0 Å². The lowest BCUT2D eigenvalue weighted by molar-refractivity contribution is -0.0329. The van der Waals surface area contributed by atoms with E-state index in [4.69, 9.17) is 0 Å². The van der Waals surface area contributed by atoms with Gasteiger partial charge in [-0.1, -0.05) is 25.6 Å². The largest absolute Gasteiger partial charge is 0.441 e. The highest BCUT2D eigenvalue weighted by Gasteiger charge is 2.33. The van der Waals surface area contributed by atoms with Crippen LogP contribution in [-0.2, 0) is 0 Å². The van der Waals surface area contributed by atoms with Crippen LogP contribution in [0.1, 0.15) is 46.0 Å². The molecule has 0 spiro atoms. The molecule has 102 valence electrons. The number of hydrogen-bond donors (Lipinski definition) is 1. The maximum absolute atomic E-state index is 12.1. The van der Waals surface area contributed by atoms with Gasteiger partial charge in [0.25, 0.3) is 0 Å². The molecule has 1 saturated carbocycles. The second kappa shape index (κ2) is 6.32. The molecule has 0 bridgehead atoms. The second-order valence-corrected chi connectivity index (χ2v) is 6.07. The molecule has 0 aromatic heterocycles. The third-order valence-corrected chi connectivity index (χ3v) is 4.48. The van der Waals surface area contributed by atoms with E-state index < -0.39 is 5.51 Å². The third-order valence-electron chi connectivity index (χ3n) is 3.74. The summed E-state index contributed by atoms with van der Waals surface area (Å²) in [5.74, 6) is 0.178. The zero-order valence-electron chi connectivity index (χ0n) is 10.6. The Morgan fingerprint density at radius 2 is 1.76 bits per heavy atom. The maximum Gasteiger partial charge on any atom is 0.441 e. The summed E-state index contributed by atoms with van der Waals surface area (Å²) in [5, 5.41) is 3.46. The van der Waals surface area contributed by atoms with E-state index in [9.17, 15) is 13.2 Å². The van der Waals surface area contributed by atoms with E-state index in [1.807, 2.05) is 0 Å². The van der Waals surface area contributed by atoms with Gasteiger partial charge < -0.3 is 5.32 Å². The zero-order valence-corrected chi connectivity index (χ0v) is 11.4. The number of halogens is 3. The van der Waals surface area contributed by atoms with Crippen molar-refractivity contribution in [1.82, 2.24) is 5.32 Å². The van der Waals surface area contributed by atoms with Crippen LogP contribution >= 0.6 is 11.8 Å². The first-order chi connectivity index (χ1) is 7.91. The quantitative estimate of drug-likeness (QED) is 0.709. The van der Waals surface area contributed by atoms with Crippen molar-refractivity contribution in [2.24, 2.45) is 5.41 Å². The van der Waals surface area contributed by atoms with Gasteiger partial charge in [-0.2, -0.15) is 13.2 Å². The van der Waals surface area contributed by atoms with Gasteiger partial charge in [0.1, 0.15) is 0 Å². The highest BCUT2D eigenvalue weighted by Crippen LogP contribution is 2.37. The van der Waals surface area contributed by atoms with Gasteiger partial charge in [-0.15, -0.1) is 0 Å². The second-order valence-electron chi connectivity index (χ2n) is 4.91. The van der Waals surface area contributed by atoms with Crippen molar-refractivity contribution < 1.29 is 13.2 Å². The van der Waals surface area contributed by atoms with Gasteiger partial charge >= 0.3 is 5.51 Å². The first kappa shape index (κ1) is 15.2. The third kappa shape index (κ3) is 6.00. The van der Waals surface area contributed by atoms with E-state index in [2.05, 4.69) is 19.2 Å². The fourth-order valence-electron chi connectivity index (χ4n) is 1.97. The normalized spacial score (nSPS) is 17.5. The Kier molecular flexibility index (Phi) is 5.64. The summed E-state index contributed by atoms with van der Waals surface area (Å²) in [5.41, 5.74) is -4.04. The van der Waals surface area contributed by atoms with Gasteiger partial charge in [0.15, 0.2) is 0 Å². The maximum atomic E-state index is 12.1. The van der Waals surface area contributed by atoms with E-state index in [0.717, 1.165) is 19.4 Å². The van der Waals surface area contributed by atoms with Gasteiger partial charge in [0, 0.05) is 18.3 Å². The molecule has 0 aromatic carbocycles. The monoisotopic (exact) mass is 269 g/mol. The van der Waals surface area contributed by atoms with Crippen LogP contribution in [0.2, 0.25) is 0 Å². The Morgan fingerprint density at radius 1 is 1.18 bits per heavy atom. The Hall–Kier alpha value is 0.1000. The summed E-state index contributed by atoms with van der Waals surface area (Å²) in [4.78, 5) is 0. The predicted molar refractivity (Wildman–Crippen MR) is 67.2 cm³/mol. The minimum absolute atomic E-state index is 0.0425. The van der Waals surface area contributed by atoms with Crippen molar-refractivity contribution in [2.45, 2.75) is 57.5 Å². The fraction of sp³-hybridized carbons (Fsp3) is 1.00. The van der Waals surface area contributed by atoms with Crippen LogP contribution in [-0.4, -0.2) is 23.8 Å². The standard InChI is InChI=1S/C12H22F3NS/c1-3-11(4-2,9-16-10-5-6-10)7-8-17-12(13,14)15/h10,16H,3-9H2,1-2H3. The molecule has 1 rings (SSSR count). The number of hydrogen-bond acceptors (Lipinski definition) is 2. The molecule has 0 atom stereocenters. The number of alkyl halides is 3. The molecule has 0 radical (unpaired) electrons. The van der Waals surface area contributed by atoms with Gasteiger partial charge in [0.2, 0.25) is 0 Å². The van der Waals surface area contributed by atoms with Crippen molar-refractivity contribution in [1.29, 1.82) is 0 Å².